The summed E-state index contributed by atoms with van der Waals surface area (Å²) in [7, 11) is 0. The zero-order chi connectivity index (χ0) is 16.0. The fraction of sp³-hybridized carbons (Fsp3) is 0.467. The SMILES string of the molecule is Cc1cc(C(=O)NC(C)(C)CC(N)=O)sc1C#CCCO. The maximum absolute atomic E-state index is 12.2. The lowest BCUT2D eigenvalue weighted by Gasteiger charge is -2.24. The number of aliphatic hydroxyl groups is 1. The van der Waals surface area contributed by atoms with Gasteiger partial charge in [-0.3, -0.25) is 9.59 Å². The number of carbonyl (C=O) groups is 2. The monoisotopic (exact) mass is 308 g/mol. The van der Waals surface area contributed by atoms with E-state index in [1.165, 1.54) is 11.3 Å². The number of hydrogen-bond acceptors (Lipinski definition) is 4. The molecule has 0 aliphatic rings. The van der Waals surface area contributed by atoms with Crippen LogP contribution in [0.1, 0.15) is 46.8 Å². The average Bonchev–Trinajstić information content (AvgIpc) is 2.69. The normalized spacial score (nSPS) is 10.7. The minimum Gasteiger partial charge on any atom is -0.395 e. The van der Waals surface area contributed by atoms with Gasteiger partial charge in [-0.2, -0.15) is 0 Å². The molecule has 6 heteroatoms. The molecule has 0 fully saturated rings. The average molecular weight is 308 g/mol. The van der Waals surface area contributed by atoms with Gasteiger partial charge in [-0.05, 0) is 32.4 Å². The van der Waals surface area contributed by atoms with Gasteiger partial charge in [-0.25, -0.2) is 0 Å². The van der Waals surface area contributed by atoms with Crippen LogP contribution < -0.4 is 11.1 Å². The smallest absolute Gasteiger partial charge is 0.261 e. The van der Waals surface area contributed by atoms with Crippen LogP contribution in [0.2, 0.25) is 0 Å². The van der Waals surface area contributed by atoms with E-state index in [-0.39, 0.29) is 18.9 Å². The molecule has 0 aliphatic carbocycles. The molecule has 114 valence electrons. The van der Waals surface area contributed by atoms with Gasteiger partial charge in [0.05, 0.1) is 16.4 Å². The summed E-state index contributed by atoms with van der Waals surface area (Å²) in [6.07, 6.45) is 0.483. The minimum absolute atomic E-state index is 0.0199. The van der Waals surface area contributed by atoms with Gasteiger partial charge in [-0.15, -0.1) is 11.3 Å². The highest BCUT2D eigenvalue weighted by Crippen LogP contribution is 2.22. The Balaban J connectivity index is 2.83. The zero-order valence-corrected chi connectivity index (χ0v) is 13.3. The third-order valence-electron chi connectivity index (χ3n) is 2.65. The van der Waals surface area contributed by atoms with Crippen molar-refractivity contribution in [3.05, 3.63) is 21.4 Å². The first-order valence-corrected chi connectivity index (χ1v) is 7.38. The Morgan fingerprint density at radius 1 is 1.48 bits per heavy atom. The fourth-order valence-electron chi connectivity index (χ4n) is 1.77. The van der Waals surface area contributed by atoms with Gasteiger partial charge in [-0.1, -0.05) is 11.8 Å². The molecule has 1 aromatic rings. The topological polar surface area (TPSA) is 92.4 Å². The Bertz CT molecular complexity index is 594. The van der Waals surface area contributed by atoms with Crippen LogP contribution in [0.3, 0.4) is 0 Å². The van der Waals surface area contributed by atoms with Crippen LogP contribution >= 0.6 is 11.3 Å². The maximum Gasteiger partial charge on any atom is 0.261 e. The van der Waals surface area contributed by atoms with Crippen molar-refractivity contribution >= 4 is 23.2 Å². The summed E-state index contributed by atoms with van der Waals surface area (Å²) in [5.41, 5.74) is 5.39. The van der Waals surface area contributed by atoms with Crippen molar-refractivity contribution < 1.29 is 14.7 Å². The summed E-state index contributed by atoms with van der Waals surface area (Å²) < 4.78 is 0. The van der Waals surface area contributed by atoms with Gasteiger partial charge >= 0.3 is 0 Å². The van der Waals surface area contributed by atoms with E-state index in [9.17, 15) is 9.59 Å². The summed E-state index contributed by atoms with van der Waals surface area (Å²) in [5, 5.41) is 11.5. The molecule has 1 aromatic heterocycles. The van der Waals surface area contributed by atoms with Gasteiger partial charge in [0, 0.05) is 18.4 Å². The van der Waals surface area contributed by atoms with Crippen LogP contribution in [0, 0.1) is 18.8 Å². The number of rotatable bonds is 5. The molecule has 4 N–H and O–H groups in total. The highest BCUT2D eigenvalue weighted by molar-refractivity contribution is 7.14. The first kappa shape index (κ1) is 17.2. The van der Waals surface area contributed by atoms with Gasteiger partial charge in [0.25, 0.3) is 5.91 Å². The lowest BCUT2D eigenvalue weighted by molar-refractivity contribution is -0.119. The first-order chi connectivity index (χ1) is 9.75. The molecule has 0 atom stereocenters. The summed E-state index contributed by atoms with van der Waals surface area (Å²) in [6.45, 7) is 5.40. The molecule has 0 aromatic carbocycles. The summed E-state index contributed by atoms with van der Waals surface area (Å²) >= 11 is 1.29. The number of thiophene rings is 1. The molecular weight excluding hydrogens is 288 g/mol. The summed E-state index contributed by atoms with van der Waals surface area (Å²) in [5.74, 6) is 5.07. The van der Waals surface area contributed by atoms with Crippen LogP contribution in [0.5, 0.6) is 0 Å². The number of nitrogens with one attached hydrogen (secondary N) is 1. The molecule has 0 saturated heterocycles. The molecule has 0 radical (unpaired) electrons. The highest BCUT2D eigenvalue weighted by Gasteiger charge is 2.24. The quantitative estimate of drug-likeness (QED) is 0.713. The number of nitrogens with two attached hydrogens (primary N) is 1. The van der Waals surface area contributed by atoms with Gasteiger partial charge in [0.1, 0.15) is 0 Å². The van der Waals surface area contributed by atoms with Crippen LogP contribution in [-0.4, -0.2) is 29.1 Å². The van der Waals surface area contributed by atoms with Crippen molar-refractivity contribution in [3.63, 3.8) is 0 Å². The van der Waals surface area contributed by atoms with Crippen molar-refractivity contribution in [1.82, 2.24) is 5.32 Å². The minimum atomic E-state index is -0.691. The van der Waals surface area contributed by atoms with E-state index in [2.05, 4.69) is 17.2 Å². The third kappa shape index (κ3) is 5.58. The highest BCUT2D eigenvalue weighted by atomic mass is 32.1. The van der Waals surface area contributed by atoms with E-state index in [1.54, 1.807) is 19.9 Å². The molecular formula is C15H20N2O3S. The molecule has 0 spiro atoms. The maximum atomic E-state index is 12.2. The predicted molar refractivity (Wildman–Crippen MR) is 83.0 cm³/mol. The number of aryl methyl sites for hydroxylation is 1. The number of primary amides is 1. The van der Waals surface area contributed by atoms with E-state index < -0.39 is 11.4 Å². The molecule has 1 rings (SSSR count). The molecule has 0 saturated carbocycles. The predicted octanol–water partition coefficient (Wildman–Crippen LogP) is 1.17. The van der Waals surface area contributed by atoms with Crippen LogP contribution in [0.25, 0.3) is 0 Å². The van der Waals surface area contributed by atoms with E-state index in [0.29, 0.717) is 11.3 Å². The van der Waals surface area contributed by atoms with Crippen LogP contribution in [0.15, 0.2) is 6.07 Å². The molecule has 0 unspecified atom stereocenters. The van der Waals surface area contributed by atoms with Crippen molar-refractivity contribution in [1.29, 1.82) is 0 Å². The Labute approximate surface area is 128 Å². The van der Waals surface area contributed by atoms with Gasteiger partial charge < -0.3 is 16.2 Å². The molecule has 2 amide bonds. The lowest BCUT2D eigenvalue weighted by Crippen LogP contribution is -2.45. The molecule has 21 heavy (non-hydrogen) atoms. The number of carbonyl (C=O) groups excluding carboxylic acids is 2. The Hall–Kier alpha value is -1.84. The molecule has 0 bridgehead atoms. The summed E-state index contributed by atoms with van der Waals surface area (Å²) in [4.78, 5) is 24.5. The van der Waals surface area contributed by atoms with Crippen LogP contribution in [-0.2, 0) is 4.79 Å². The Kier molecular flexibility index (Phi) is 5.94. The fourth-order valence-corrected chi connectivity index (χ4v) is 2.71. The second-order valence-electron chi connectivity index (χ2n) is 5.38. The second kappa shape index (κ2) is 7.25. The molecule has 1 heterocycles. The molecule has 5 nitrogen and oxygen atoms in total. The number of amides is 2. The number of aliphatic hydroxyl groups excluding tert-OH is 1. The van der Waals surface area contributed by atoms with E-state index >= 15 is 0 Å². The lowest BCUT2D eigenvalue weighted by atomic mass is 10.0. The van der Waals surface area contributed by atoms with Crippen molar-refractivity contribution in [2.45, 2.75) is 39.2 Å². The summed E-state index contributed by atoms with van der Waals surface area (Å²) in [6, 6.07) is 1.77. The van der Waals surface area contributed by atoms with Gasteiger partial charge in [0.2, 0.25) is 5.91 Å². The third-order valence-corrected chi connectivity index (χ3v) is 3.80. The number of hydrogen-bond donors (Lipinski definition) is 3. The Morgan fingerprint density at radius 2 is 2.14 bits per heavy atom. The molecule has 0 aliphatic heterocycles. The van der Waals surface area contributed by atoms with Gasteiger partial charge in [0.15, 0.2) is 0 Å². The Morgan fingerprint density at radius 3 is 2.71 bits per heavy atom. The van der Waals surface area contributed by atoms with E-state index in [1.807, 2.05) is 6.92 Å². The second-order valence-corrected chi connectivity index (χ2v) is 6.43. The van der Waals surface area contributed by atoms with Crippen LogP contribution in [0.4, 0.5) is 0 Å². The largest absolute Gasteiger partial charge is 0.395 e. The first-order valence-electron chi connectivity index (χ1n) is 6.56. The van der Waals surface area contributed by atoms with Crippen molar-refractivity contribution in [2.24, 2.45) is 5.73 Å². The van der Waals surface area contributed by atoms with E-state index in [4.69, 9.17) is 10.8 Å². The van der Waals surface area contributed by atoms with Crippen molar-refractivity contribution in [3.8, 4) is 11.8 Å². The van der Waals surface area contributed by atoms with E-state index in [0.717, 1.165) is 10.4 Å². The van der Waals surface area contributed by atoms with Crippen molar-refractivity contribution in [2.75, 3.05) is 6.61 Å². The standard InChI is InChI=1S/C15H20N2O3S/c1-10-8-12(21-11(10)6-4-5-7-18)14(20)17-15(2,3)9-13(16)19/h8,18H,5,7,9H2,1-3H3,(H2,16,19)(H,17,20). The zero-order valence-electron chi connectivity index (χ0n) is 12.4.